The normalized spacial score (nSPS) is 20.1. The molecule has 0 radical (unpaired) electrons. The summed E-state index contributed by atoms with van der Waals surface area (Å²) < 4.78 is 0. The van der Waals surface area contributed by atoms with E-state index in [9.17, 15) is 0 Å². The lowest BCUT2D eigenvalue weighted by Gasteiger charge is -2.31. The Morgan fingerprint density at radius 1 is 1.14 bits per heavy atom. The van der Waals surface area contributed by atoms with Crippen LogP contribution in [0.5, 0.6) is 0 Å². The SMILES string of the molecule is CCCNCC1CCN(CCC)CC1. The second-order valence-corrected chi connectivity index (χ2v) is 4.49. The minimum atomic E-state index is 0.939. The van der Waals surface area contributed by atoms with Crippen LogP contribution in [0.1, 0.15) is 39.5 Å². The van der Waals surface area contributed by atoms with Crippen molar-refractivity contribution in [3.8, 4) is 0 Å². The predicted octanol–water partition coefficient (Wildman–Crippen LogP) is 2.11. The molecule has 1 rings (SSSR count). The van der Waals surface area contributed by atoms with Crippen LogP contribution < -0.4 is 5.32 Å². The number of hydrogen-bond acceptors (Lipinski definition) is 2. The van der Waals surface area contributed by atoms with Gasteiger partial charge in [-0.25, -0.2) is 0 Å². The van der Waals surface area contributed by atoms with Gasteiger partial charge >= 0.3 is 0 Å². The Bertz CT molecular complexity index is 128. The average molecular weight is 198 g/mol. The van der Waals surface area contributed by atoms with Gasteiger partial charge in [0.05, 0.1) is 0 Å². The molecule has 0 saturated carbocycles. The van der Waals surface area contributed by atoms with Crippen molar-refractivity contribution in [3.05, 3.63) is 0 Å². The fourth-order valence-corrected chi connectivity index (χ4v) is 2.21. The maximum Gasteiger partial charge on any atom is -0.00156 e. The third-order valence-corrected chi connectivity index (χ3v) is 3.11. The van der Waals surface area contributed by atoms with Crippen LogP contribution >= 0.6 is 0 Å². The van der Waals surface area contributed by atoms with Gasteiger partial charge in [-0.1, -0.05) is 13.8 Å². The molecule has 2 nitrogen and oxygen atoms in total. The summed E-state index contributed by atoms with van der Waals surface area (Å²) in [5, 5.41) is 3.53. The molecule has 0 unspecified atom stereocenters. The van der Waals surface area contributed by atoms with Gasteiger partial charge in [-0.05, 0) is 64.3 Å². The zero-order chi connectivity index (χ0) is 10.2. The molecule has 1 N–H and O–H groups in total. The molecule has 1 aliphatic rings. The first kappa shape index (κ1) is 12.0. The van der Waals surface area contributed by atoms with E-state index in [1.165, 1.54) is 58.4 Å². The maximum absolute atomic E-state index is 3.53. The van der Waals surface area contributed by atoms with Crippen LogP contribution in [0.15, 0.2) is 0 Å². The summed E-state index contributed by atoms with van der Waals surface area (Å²) in [5.74, 6) is 0.939. The van der Waals surface area contributed by atoms with Gasteiger partial charge in [0.2, 0.25) is 0 Å². The molecule has 1 aliphatic heterocycles. The van der Waals surface area contributed by atoms with Crippen LogP contribution in [0.4, 0.5) is 0 Å². The molecule has 1 saturated heterocycles. The molecule has 0 aromatic carbocycles. The Kier molecular flexibility index (Phi) is 6.20. The summed E-state index contributed by atoms with van der Waals surface area (Å²) in [6.45, 7) is 10.9. The van der Waals surface area contributed by atoms with Gasteiger partial charge in [0, 0.05) is 0 Å². The number of nitrogens with zero attached hydrogens (tertiary/aromatic N) is 1. The van der Waals surface area contributed by atoms with Gasteiger partial charge < -0.3 is 10.2 Å². The van der Waals surface area contributed by atoms with E-state index >= 15 is 0 Å². The standard InChI is InChI=1S/C12H26N2/c1-3-7-13-11-12-5-9-14(8-4-2)10-6-12/h12-13H,3-11H2,1-2H3. The molecule has 1 heterocycles. The van der Waals surface area contributed by atoms with Crippen LogP contribution in [0.2, 0.25) is 0 Å². The lowest BCUT2D eigenvalue weighted by Crippen LogP contribution is -2.37. The van der Waals surface area contributed by atoms with Gasteiger partial charge in [0.15, 0.2) is 0 Å². The van der Waals surface area contributed by atoms with Gasteiger partial charge in [-0.15, -0.1) is 0 Å². The second-order valence-electron chi connectivity index (χ2n) is 4.49. The van der Waals surface area contributed by atoms with Crippen molar-refractivity contribution < 1.29 is 0 Å². The van der Waals surface area contributed by atoms with Crippen LogP contribution in [0.3, 0.4) is 0 Å². The fourth-order valence-electron chi connectivity index (χ4n) is 2.21. The first-order valence-corrected chi connectivity index (χ1v) is 6.29. The molecule has 2 heteroatoms. The van der Waals surface area contributed by atoms with Crippen molar-refractivity contribution >= 4 is 0 Å². The first-order valence-electron chi connectivity index (χ1n) is 6.29. The monoisotopic (exact) mass is 198 g/mol. The van der Waals surface area contributed by atoms with Crippen molar-refractivity contribution in [2.75, 3.05) is 32.7 Å². The van der Waals surface area contributed by atoms with Crippen LogP contribution in [-0.2, 0) is 0 Å². The molecule has 0 aromatic heterocycles. The van der Waals surface area contributed by atoms with Crippen molar-refractivity contribution in [2.24, 2.45) is 5.92 Å². The smallest absolute Gasteiger partial charge is 0.00156 e. The molecular formula is C12H26N2. The van der Waals surface area contributed by atoms with E-state index < -0.39 is 0 Å². The topological polar surface area (TPSA) is 15.3 Å². The van der Waals surface area contributed by atoms with Crippen molar-refractivity contribution in [3.63, 3.8) is 0 Å². The van der Waals surface area contributed by atoms with Crippen molar-refractivity contribution in [2.45, 2.75) is 39.5 Å². The Balaban J connectivity index is 2.03. The van der Waals surface area contributed by atoms with Gasteiger partial charge in [-0.3, -0.25) is 0 Å². The number of likely N-dealkylation sites (tertiary alicyclic amines) is 1. The Morgan fingerprint density at radius 3 is 2.43 bits per heavy atom. The summed E-state index contributed by atoms with van der Waals surface area (Å²) in [6, 6.07) is 0. The molecule has 0 bridgehead atoms. The maximum atomic E-state index is 3.53. The van der Waals surface area contributed by atoms with E-state index in [-0.39, 0.29) is 0 Å². The quantitative estimate of drug-likeness (QED) is 0.658. The van der Waals surface area contributed by atoms with Crippen molar-refractivity contribution in [1.29, 1.82) is 0 Å². The summed E-state index contributed by atoms with van der Waals surface area (Å²) in [4.78, 5) is 2.61. The third kappa shape index (κ3) is 4.43. The molecule has 0 aromatic rings. The lowest BCUT2D eigenvalue weighted by atomic mass is 9.96. The Hall–Kier alpha value is -0.0800. The predicted molar refractivity (Wildman–Crippen MR) is 62.6 cm³/mol. The molecule has 0 aliphatic carbocycles. The second kappa shape index (κ2) is 7.24. The number of nitrogens with one attached hydrogen (secondary N) is 1. The molecule has 0 amide bonds. The fraction of sp³-hybridized carbons (Fsp3) is 1.00. The van der Waals surface area contributed by atoms with E-state index in [4.69, 9.17) is 0 Å². The molecule has 0 spiro atoms. The molecule has 84 valence electrons. The Labute approximate surface area is 89.1 Å². The third-order valence-electron chi connectivity index (χ3n) is 3.11. The van der Waals surface area contributed by atoms with Gasteiger partial charge in [0.25, 0.3) is 0 Å². The summed E-state index contributed by atoms with van der Waals surface area (Å²) in [6.07, 6.45) is 5.36. The molecule has 14 heavy (non-hydrogen) atoms. The van der Waals surface area contributed by atoms with E-state index in [1.807, 2.05) is 0 Å². The number of piperidine rings is 1. The first-order chi connectivity index (χ1) is 6.86. The highest BCUT2D eigenvalue weighted by Crippen LogP contribution is 2.16. The number of hydrogen-bond donors (Lipinski definition) is 1. The van der Waals surface area contributed by atoms with Crippen LogP contribution in [0, 0.1) is 5.92 Å². The largest absolute Gasteiger partial charge is 0.316 e. The molecular weight excluding hydrogens is 172 g/mol. The zero-order valence-electron chi connectivity index (χ0n) is 9.89. The highest BCUT2D eigenvalue weighted by Gasteiger charge is 2.17. The summed E-state index contributed by atoms with van der Waals surface area (Å²) in [7, 11) is 0. The summed E-state index contributed by atoms with van der Waals surface area (Å²) >= 11 is 0. The minimum absolute atomic E-state index is 0.939. The lowest BCUT2D eigenvalue weighted by molar-refractivity contribution is 0.183. The van der Waals surface area contributed by atoms with Crippen LogP contribution in [0.25, 0.3) is 0 Å². The van der Waals surface area contributed by atoms with E-state index in [0.717, 1.165) is 5.92 Å². The van der Waals surface area contributed by atoms with Crippen LogP contribution in [-0.4, -0.2) is 37.6 Å². The van der Waals surface area contributed by atoms with E-state index in [0.29, 0.717) is 0 Å². The highest BCUT2D eigenvalue weighted by atomic mass is 15.1. The van der Waals surface area contributed by atoms with E-state index in [1.54, 1.807) is 0 Å². The van der Waals surface area contributed by atoms with Crippen molar-refractivity contribution in [1.82, 2.24) is 10.2 Å². The van der Waals surface area contributed by atoms with Gasteiger partial charge in [-0.2, -0.15) is 0 Å². The Morgan fingerprint density at radius 2 is 1.86 bits per heavy atom. The van der Waals surface area contributed by atoms with E-state index in [2.05, 4.69) is 24.1 Å². The zero-order valence-corrected chi connectivity index (χ0v) is 9.89. The summed E-state index contributed by atoms with van der Waals surface area (Å²) in [5.41, 5.74) is 0. The molecule has 1 fully saturated rings. The average Bonchev–Trinajstić information content (AvgIpc) is 2.21. The highest BCUT2D eigenvalue weighted by molar-refractivity contribution is 4.73. The molecule has 0 atom stereocenters. The van der Waals surface area contributed by atoms with Gasteiger partial charge in [0.1, 0.15) is 0 Å². The number of rotatable bonds is 6. The minimum Gasteiger partial charge on any atom is -0.316 e.